The molecule has 1 aliphatic rings. The molecule has 1 unspecified atom stereocenters. The highest BCUT2D eigenvalue weighted by Gasteiger charge is 2.27. The SMILES string of the molecule is Cc1ccc(C)c(N2N=C(C(=O)NCC(O)c3ccc(F)cc3F)CCC2=O)c1. The van der Waals surface area contributed by atoms with E-state index in [1.54, 1.807) is 0 Å². The first-order valence-corrected chi connectivity index (χ1v) is 9.15. The van der Waals surface area contributed by atoms with E-state index in [4.69, 9.17) is 0 Å². The van der Waals surface area contributed by atoms with Crippen LogP contribution < -0.4 is 10.3 Å². The highest BCUT2D eigenvalue weighted by molar-refractivity contribution is 6.40. The van der Waals surface area contributed by atoms with E-state index in [1.165, 1.54) is 5.01 Å². The number of rotatable bonds is 5. The predicted octanol–water partition coefficient (Wildman–Crippen LogP) is 2.91. The van der Waals surface area contributed by atoms with Gasteiger partial charge in [-0.15, -0.1) is 0 Å². The minimum Gasteiger partial charge on any atom is -0.386 e. The van der Waals surface area contributed by atoms with Gasteiger partial charge in [0.1, 0.15) is 17.3 Å². The first kappa shape index (κ1) is 20.6. The zero-order valence-electron chi connectivity index (χ0n) is 16.1. The van der Waals surface area contributed by atoms with Crippen LogP contribution >= 0.6 is 0 Å². The summed E-state index contributed by atoms with van der Waals surface area (Å²) in [6.45, 7) is 3.46. The summed E-state index contributed by atoms with van der Waals surface area (Å²) < 4.78 is 26.7. The van der Waals surface area contributed by atoms with Gasteiger partial charge < -0.3 is 10.4 Å². The van der Waals surface area contributed by atoms with E-state index in [2.05, 4.69) is 10.4 Å². The summed E-state index contributed by atoms with van der Waals surface area (Å²) in [6.07, 6.45) is -1.07. The maximum atomic E-state index is 13.8. The van der Waals surface area contributed by atoms with Gasteiger partial charge >= 0.3 is 0 Å². The smallest absolute Gasteiger partial charge is 0.267 e. The summed E-state index contributed by atoms with van der Waals surface area (Å²) in [5.74, 6) is -2.43. The molecule has 1 heterocycles. The lowest BCUT2D eigenvalue weighted by molar-refractivity contribution is -0.119. The molecule has 2 aromatic carbocycles. The minimum absolute atomic E-state index is 0.120. The molecular formula is C21H21F2N3O3. The Bertz CT molecular complexity index is 991. The monoisotopic (exact) mass is 401 g/mol. The highest BCUT2D eigenvalue weighted by Crippen LogP contribution is 2.25. The number of nitrogens with zero attached hydrogens (tertiary/aromatic N) is 2. The average Bonchev–Trinajstić information content (AvgIpc) is 2.68. The van der Waals surface area contributed by atoms with E-state index < -0.39 is 23.6 Å². The molecular weight excluding hydrogens is 380 g/mol. The van der Waals surface area contributed by atoms with E-state index in [1.807, 2.05) is 32.0 Å². The molecule has 3 rings (SSSR count). The maximum absolute atomic E-state index is 13.8. The number of anilines is 1. The van der Waals surface area contributed by atoms with Gasteiger partial charge in [0.25, 0.3) is 5.91 Å². The molecule has 2 aromatic rings. The number of hydrogen-bond acceptors (Lipinski definition) is 4. The van der Waals surface area contributed by atoms with Gasteiger partial charge in [0.05, 0.1) is 11.8 Å². The third kappa shape index (κ3) is 4.65. The Morgan fingerprint density at radius 3 is 2.69 bits per heavy atom. The van der Waals surface area contributed by atoms with E-state index in [0.717, 1.165) is 23.3 Å². The lowest BCUT2D eigenvalue weighted by Crippen LogP contribution is -2.40. The second kappa shape index (κ2) is 8.48. The van der Waals surface area contributed by atoms with Crippen LogP contribution in [-0.4, -0.2) is 29.2 Å². The third-order valence-electron chi connectivity index (χ3n) is 4.67. The van der Waals surface area contributed by atoms with Crippen LogP contribution in [0.15, 0.2) is 41.5 Å². The standard InChI is InChI=1S/C21H21F2N3O3/c1-12-3-4-13(2)18(9-12)26-20(28)8-7-17(25-26)21(29)24-11-19(27)15-6-5-14(22)10-16(15)23/h3-6,9-10,19,27H,7-8,11H2,1-2H3,(H,24,29). The minimum atomic E-state index is -1.35. The number of hydrogen-bond donors (Lipinski definition) is 2. The van der Waals surface area contributed by atoms with E-state index in [9.17, 15) is 23.5 Å². The van der Waals surface area contributed by atoms with Gasteiger partial charge in [-0.3, -0.25) is 9.59 Å². The summed E-state index contributed by atoms with van der Waals surface area (Å²) in [5, 5.41) is 18.0. The van der Waals surface area contributed by atoms with Gasteiger partial charge in [0.15, 0.2) is 0 Å². The van der Waals surface area contributed by atoms with Crippen molar-refractivity contribution in [3.63, 3.8) is 0 Å². The van der Waals surface area contributed by atoms with Crippen molar-refractivity contribution in [3.8, 4) is 0 Å². The number of amides is 2. The third-order valence-corrected chi connectivity index (χ3v) is 4.67. The van der Waals surface area contributed by atoms with Gasteiger partial charge in [0, 0.05) is 31.0 Å². The predicted molar refractivity (Wildman–Crippen MR) is 104 cm³/mol. The molecule has 0 radical (unpaired) electrons. The van der Waals surface area contributed by atoms with Crippen LogP contribution in [0, 0.1) is 25.5 Å². The van der Waals surface area contributed by atoms with Crippen molar-refractivity contribution in [3.05, 3.63) is 64.7 Å². The van der Waals surface area contributed by atoms with Crippen molar-refractivity contribution in [1.82, 2.24) is 5.32 Å². The van der Waals surface area contributed by atoms with E-state index in [0.29, 0.717) is 11.8 Å². The second-order valence-electron chi connectivity index (χ2n) is 6.93. The lowest BCUT2D eigenvalue weighted by atomic mass is 10.1. The number of nitrogens with one attached hydrogen (secondary N) is 1. The normalized spacial score (nSPS) is 15.1. The summed E-state index contributed by atoms with van der Waals surface area (Å²) in [5.41, 5.74) is 2.42. The molecule has 0 aromatic heterocycles. The van der Waals surface area contributed by atoms with Crippen LogP contribution in [0.1, 0.15) is 35.6 Å². The largest absolute Gasteiger partial charge is 0.386 e. The zero-order valence-corrected chi connectivity index (χ0v) is 16.1. The summed E-state index contributed by atoms with van der Waals surface area (Å²) in [7, 11) is 0. The molecule has 1 atom stereocenters. The van der Waals surface area contributed by atoms with Gasteiger partial charge in [-0.25, -0.2) is 13.8 Å². The van der Waals surface area contributed by atoms with E-state index >= 15 is 0 Å². The molecule has 0 saturated carbocycles. The van der Waals surface area contributed by atoms with Gasteiger partial charge in [-0.05, 0) is 37.1 Å². The summed E-state index contributed by atoms with van der Waals surface area (Å²) in [4.78, 5) is 24.8. The van der Waals surface area contributed by atoms with Crippen molar-refractivity contribution < 1.29 is 23.5 Å². The first-order chi connectivity index (χ1) is 13.8. The molecule has 152 valence electrons. The van der Waals surface area contributed by atoms with Crippen molar-refractivity contribution in [2.75, 3.05) is 11.6 Å². The van der Waals surface area contributed by atoms with Crippen LogP contribution in [0.25, 0.3) is 0 Å². The molecule has 6 nitrogen and oxygen atoms in total. The van der Waals surface area contributed by atoms with Crippen molar-refractivity contribution in [1.29, 1.82) is 0 Å². The molecule has 29 heavy (non-hydrogen) atoms. The number of halogens is 2. The highest BCUT2D eigenvalue weighted by atomic mass is 19.1. The lowest BCUT2D eigenvalue weighted by Gasteiger charge is -2.25. The fourth-order valence-electron chi connectivity index (χ4n) is 3.03. The molecule has 8 heteroatoms. The van der Waals surface area contributed by atoms with Gasteiger partial charge in [-0.1, -0.05) is 18.2 Å². The first-order valence-electron chi connectivity index (χ1n) is 9.15. The Kier molecular flexibility index (Phi) is 6.03. The van der Waals surface area contributed by atoms with Crippen molar-refractivity contribution >= 4 is 23.2 Å². The van der Waals surface area contributed by atoms with E-state index in [-0.39, 0.29) is 36.6 Å². The Balaban J connectivity index is 1.73. The summed E-state index contributed by atoms with van der Waals surface area (Å²) >= 11 is 0. The van der Waals surface area contributed by atoms with Crippen molar-refractivity contribution in [2.24, 2.45) is 5.10 Å². The van der Waals surface area contributed by atoms with Gasteiger partial charge in [-0.2, -0.15) is 5.10 Å². The van der Waals surface area contributed by atoms with Crippen LogP contribution in [-0.2, 0) is 9.59 Å². The number of aliphatic hydroxyl groups excluding tert-OH is 1. The molecule has 0 aliphatic carbocycles. The zero-order chi connectivity index (χ0) is 21.1. The number of aliphatic hydroxyl groups is 1. The number of hydrazone groups is 1. The van der Waals surface area contributed by atoms with Gasteiger partial charge in [0.2, 0.25) is 5.91 Å². The quantitative estimate of drug-likeness (QED) is 0.808. The Morgan fingerprint density at radius 2 is 1.97 bits per heavy atom. The molecule has 1 aliphatic heterocycles. The Morgan fingerprint density at radius 1 is 1.21 bits per heavy atom. The second-order valence-corrected chi connectivity index (χ2v) is 6.93. The van der Waals surface area contributed by atoms with Crippen LogP contribution in [0.2, 0.25) is 0 Å². The number of carbonyl (C=O) groups excluding carboxylic acids is 2. The number of carbonyl (C=O) groups is 2. The molecule has 0 bridgehead atoms. The fraction of sp³-hybridized carbons (Fsp3) is 0.286. The van der Waals surface area contributed by atoms with Crippen molar-refractivity contribution in [2.45, 2.75) is 32.8 Å². The number of benzene rings is 2. The van der Waals surface area contributed by atoms with Crippen LogP contribution in [0.3, 0.4) is 0 Å². The fourth-order valence-corrected chi connectivity index (χ4v) is 3.03. The van der Waals surface area contributed by atoms with Crippen LogP contribution in [0.5, 0.6) is 0 Å². The molecule has 0 saturated heterocycles. The number of aryl methyl sites for hydroxylation is 2. The molecule has 0 spiro atoms. The molecule has 0 fully saturated rings. The molecule has 2 amide bonds. The molecule has 2 N–H and O–H groups in total. The summed E-state index contributed by atoms with van der Waals surface area (Å²) in [6, 6.07) is 8.43. The Hall–Kier alpha value is -3.13. The van der Waals surface area contributed by atoms with Crippen LogP contribution in [0.4, 0.5) is 14.5 Å². The topological polar surface area (TPSA) is 82.0 Å². The maximum Gasteiger partial charge on any atom is 0.267 e. The Labute approximate surface area is 166 Å². The average molecular weight is 401 g/mol.